The van der Waals surface area contributed by atoms with Crippen LogP contribution in [0.1, 0.15) is 27.2 Å². The van der Waals surface area contributed by atoms with Crippen LogP contribution in [0.25, 0.3) is 0 Å². The third-order valence-corrected chi connectivity index (χ3v) is 6.90. The maximum atomic E-state index is 5.71. The maximum absolute atomic E-state index is 5.71. The summed E-state index contributed by atoms with van der Waals surface area (Å²) in [6, 6.07) is 2.80. The largest absolute Gasteiger partial charge is 0.127 e. The SMILES string of the molecule is CCC[SiH](CCCl)C(C)C. The normalized spacial score (nSPS) is 14.1. The highest BCUT2D eigenvalue weighted by atomic mass is 35.5. The monoisotopic (exact) mass is 178 g/mol. The minimum absolute atomic E-state index is 0.439. The second-order valence-corrected chi connectivity index (χ2v) is 7.66. The molecule has 0 aliphatic carbocycles. The molecular formula is C8H19ClSi. The Morgan fingerprint density at radius 1 is 1.30 bits per heavy atom. The Morgan fingerprint density at radius 2 is 1.90 bits per heavy atom. The van der Waals surface area contributed by atoms with Gasteiger partial charge in [0.25, 0.3) is 0 Å². The van der Waals surface area contributed by atoms with Crippen LogP contribution >= 0.6 is 11.6 Å². The molecule has 0 heterocycles. The summed E-state index contributed by atoms with van der Waals surface area (Å²) in [5, 5.41) is 0. The molecule has 0 N–H and O–H groups in total. The highest BCUT2D eigenvalue weighted by Gasteiger charge is 2.12. The average Bonchev–Trinajstić information content (AvgIpc) is 1.87. The van der Waals surface area contributed by atoms with Crippen molar-refractivity contribution in [1.29, 1.82) is 0 Å². The molecule has 0 saturated heterocycles. The van der Waals surface area contributed by atoms with Crippen molar-refractivity contribution in [2.75, 3.05) is 5.88 Å². The van der Waals surface area contributed by atoms with Gasteiger partial charge in [0.1, 0.15) is 0 Å². The molecule has 10 heavy (non-hydrogen) atoms. The van der Waals surface area contributed by atoms with Crippen LogP contribution in [0.15, 0.2) is 0 Å². The Bertz CT molecular complexity index is 67.7. The molecule has 62 valence electrons. The van der Waals surface area contributed by atoms with Crippen molar-refractivity contribution < 1.29 is 0 Å². The molecule has 2 heteroatoms. The smallest absolute Gasteiger partial charge is 0.0405 e. The Hall–Kier alpha value is 0.507. The zero-order chi connectivity index (χ0) is 7.98. The van der Waals surface area contributed by atoms with Crippen LogP contribution in [0.3, 0.4) is 0 Å². The predicted molar refractivity (Wildman–Crippen MR) is 52.9 cm³/mol. The van der Waals surface area contributed by atoms with E-state index in [0.29, 0.717) is 0 Å². The van der Waals surface area contributed by atoms with Gasteiger partial charge in [-0.15, -0.1) is 11.6 Å². The quantitative estimate of drug-likeness (QED) is 0.448. The minimum atomic E-state index is -0.439. The molecule has 0 fully saturated rings. The first-order chi connectivity index (χ1) is 4.72. The average molecular weight is 179 g/mol. The van der Waals surface area contributed by atoms with Gasteiger partial charge in [-0.05, 0) is 6.04 Å². The second-order valence-electron chi connectivity index (χ2n) is 3.27. The van der Waals surface area contributed by atoms with Gasteiger partial charge in [0.15, 0.2) is 0 Å². The van der Waals surface area contributed by atoms with E-state index in [-0.39, 0.29) is 0 Å². The molecule has 0 aliphatic heterocycles. The van der Waals surface area contributed by atoms with Gasteiger partial charge in [0.2, 0.25) is 0 Å². The van der Waals surface area contributed by atoms with Gasteiger partial charge in [0.05, 0.1) is 0 Å². The van der Waals surface area contributed by atoms with E-state index in [0.717, 1.165) is 11.4 Å². The summed E-state index contributed by atoms with van der Waals surface area (Å²) >= 11 is 5.71. The number of alkyl halides is 1. The van der Waals surface area contributed by atoms with Crippen molar-refractivity contribution in [1.82, 2.24) is 0 Å². The van der Waals surface area contributed by atoms with E-state index in [1.807, 2.05) is 0 Å². The predicted octanol–water partition coefficient (Wildman–Crippen LogP) is 3.27. The fourth-order valence-corrected chi connectivity index (χ4v) is 4.81. The molecule has 0 radical (unpaired) electrons. The van der Waals surface area contributed by atoms with Crippen molar-refractivity contribution in [2.24, 2.45) is 0 Å². The molecular weight excluding hydrogens is 160 g/mol. The molecule has 0 aromatic heterocycles. The summed E-state index contributed by atoms with van der Waals surface area (Å²) in [5.41, 5.74) is 0.943. The van der Waals surface area contributed by atoms with Crippen LogP contribution < -0.4 is 0 Å². The van der Waals surface area contributed by atoms with Crippen molar-refractivity contribution in [2.45, 2.75) is 44.8 Å². The van der Waals surface area contributed by atoms with Crippen LogP contribution in [0, 0.1) is 0 Å². The first kappa shape index (κ1) is 10.5. The minimum Gasteiger partial charge on any atom is -0.127 e. The zero-order valence-corrected chi connectivity index (χ0v) is 9.27. The van der Waals surface area contributed by atoms with E-state index in [9.17, 15) is 0 Å². The van der Waals surface area contributed by atoms with Crippen LogP contribution in [0.5, 0.6) is 0 Å². The van der Waals surface area contributed by atoms with E-state index in [1.165, 1.54) is 18.5 Å². The van der Waals surface area contributed by atoms with Gasteiger partial charge in [-0.3, -0.25) is 0 Å². The third kappa shape index (κ3) is 4.34. The fourth-order valence-electron chi connectivity index (χ4n) is 1.32. The molecule has 1 unspecified atom stereocenters. The van der Waals surface area contributed by atoms with E-state index in [1.54, 1.807) is 0 Å². The lowest BCUT2D eigenvalue weighted by atomic mass is 10.5. The van der Waals surface area contributed by atoms with Crippen LogP contribution in [-0.2, 0) is 0 Å². The van der Waals surface area contributed by atoms with E-state index >= 15 is 0 Å². The summed E-state index contributed by atoms with van der Waals surface area (Å²) in [7, 11) is -0.439. The molecule has 0 aromatic carbocycles. The summed E-state index contributed by atoms with van der Waals surface area (Å²) in [6.45, 7) is 6.97. The Kier molecular flexibility index (Phi) is 6.55. The van der Waals surface area contributed by atoms with E-state index in [2.05, 4.69) is 20.8 Å². The first-order valence-corrected chi connectivity index (χ1v) is 7.11. The standard InChI is InChI=1S/C8H19ClSi/c1-4-6-10(7-5-9)8(2)3/h8,10H,4-7H2,1-3H3. The van der Waals surface area contributed by atoms with Gasteiger partial charge >= 0.3 is 0 Å². The number of hydrogen-bond donors (Lipinski definition) is 0. The second kappa shape index (κ2) is 6.23. The van der Waals surface area contributed by atoms with Crippen LogP contribution in [-0.4, -0.2) is 14.7 Å². The van der Waals surface area contributed by atoms with Gasteiger partial charge in [-0.2, -0.15) is 0 Å². The van der Waals surface area contributed by atoms with E-state index < -0.39 is 8.80 Å². The first-order valence-electron chi connectivity index (χ1n) is 4.28. The van der Waals surface area contributed by atoms with Crippen molar-refractivity contribution >= 4 is 20.4 Å². The molecule has 0 aromatic rings. The lowest BCUT2D eigenvalue weighted by molar-refractivity contribution is 0.959. The molecule has 0 rings (SSSR count). The van der Waals surface area contributed by atoms with Crippen molar-refractivity contribution in [3.05, 3.63) is 0 Å². The fraction of sp³-hybridized carbons (Fsp3) is 1.00. The highest BCUT2D eigenvalue weighted by Crippen LogP contribution is 2.17. The summed E-state index contributed by atoms with van der Waals surface area (Å²) in [4.78, 5) is 0. The van der Waals surface area contributed by atoms with Gasteiger partial charge < -0.3 is 0 Å². The highest BCUT2D eigenvalue weighted by molar-refractivity contribution is 6.61. The lowest BCUT2D eigenvalue weighted by Gasteiger charge is -2.16. The third-order valence-electron chi connectivity index (χ3n) is 2.08. The van der Waals surface area contributed by atoms with Crippen molar-refractivity contribution in [3.63, 3.8) is 0 Å². The Balaban J connectivity index is 3.50. The van der Waals surface area contributed by atoms with Crippen LogP contribution in [0.2, 0.25) is 17.6 Å². The zero-order valence-electron chi connectivity index (χ0n) is 7.36. The Labute approximate surface area is 71.6 Å². The van der Waals surface area contributed by atoms with E-state index in [4.69, 9.17) is 11.6 Å². The van der Waals surface area contributed by atoms with Gasteiger partial charge in [-0.1, -0.05) is 38.8 Å². The molecule has 0 nitrogen and oxygen atoms in total. The molecule has 0 aliphatic rings. The topological polar surface area (TPSA) is 0 Å². The van der Waals surface area contributed by atoms with Crippen molar-refractivity contribution in [3.8, 4) is 0 Å². The van der Waals surface area contributed by atoms with Gasteiger partial charge in [0, 0.05) is 14.7 Å². The summed E-state index contributed by atoms with van der Waals surface area (Å²) in [6.07, 6.45) is 1.35. The maximum Gasteiger partial charge on any atom is 0.0405 e. The molecule has 0 spiro atoms. The molecule has 0 saturated carbocycles. The molecule has 0 bridgehead atoms. The van der Waals surface area contributed by atoms with Gasteiger partial charge in [-0.25, -0.2) is 0 Å². The summed E-state index contributed by atoms with van der Waals surface area (Å²) in [5.74, 6) is 0.884. The Morgan fingerprint density at radius 3 is 2.20 bits per heavy atom. The number of halogens is 1. The van der Waals surface area contributed by atoms with Crippen LogP contribution in [0.4, 0.5) is 0 Å². The number of rotatable bonds is 5. The lowest BCUT2D eigenvalue weighted by Crippen LogP contribution is -2.16. The molecule has 1 atom stereocenters. The summed E-state index contributed by atoms with van der Waals surface area (Å²) < 4.78 is 0. The number of hydrogen-bond acceptors (Lipinski definition) is 0. The molecule has 0 amide bonds.